The van der Waals surface area contributed by atoms with E-state index in [9.17, 15) is 0 Å². The summed E-state index contributed by atoms with van der Waals surface area (Å²) in [6.07, 6.45) is 9.84. The number of hydrogen-bond donors (Lipinski definition) is 1. The molecule has 2 nitrogen and oxygen atoms in total. The molecule has 0 aromatic carbocycles. The second-order valence-electron chi connectivity index (χ2n) is 5.90. The van der Waals surface area contributed by atoms with Crippen molar-refractivity contribution in [1.82, 2.24) is 4.90 Å². The highest BCUT2D eigenvalue weighted by molar-refractivity contribution is 5.85. The van der Waals surface area contributed by atoms with Crippen LogP contribution in [0.4, 0.5) is 0 Å². The summed E-state index contributed by atoms with van der Waals surface area (Å²) >= 11 is 0. The zero-order valence-electron chi connectivity index (χ0n) is 11.2. The van der Waals surface area contributed by atoms with E-state index < -0.39 is 0 Å². The first-order chi connectivity index (χ1) is 6.99. The van der Waals surface area contributed by atoms with Crippen LogP contribution in [0.5, 0.6) is 0 Å². The second kappa shape index (κ2) is 7.52. The van der Waals surface area contributed by atoms with Crippen molar-refractivity contribution in [3.05, 3.63) is 0 Å². The van der Waals surface area contributed by atoms with Crippen molar-refractivity contribution in [3.8, 4) is 0 Å². The van der Waals surface area contributed by atoms with Gasteiger partial charge in [0.05, 0.1) is 0 Å². The molecule has 0 saturated heterocycles. The zero-order valence-corrected chi connectivity index (χ0v) is 12.0. The summed E-state index contributed by atoms with van der Waals surface area (Å²) in [4.78, 5) is 2.48. The van der Waals surface area contributed by atoms with Crippen LogP contribution in [0.2, 0.25) is 0 Å². The monoisotopic (exact) mass is 248 g/mol. The third-order valence-corrected chi connectivity index (χ3v) is 3.35. The molecule has 0 aromatic rings. The molecule has 1 fully saturated rings. The molecule has 0 unspecified atom stereocenters. The lowest BCUT2D eigenvalue weighted by Crippen LogP contribution is -2.47. The summed E-state index contributed by atoms with van der Waals surface area (Å²) in [5, 5.41) is 0. The Kier molecular flexibility index (Phi) is 7.62. The lowest BCUT2D eigenvalue weighted by molar-refractivity contribution is 0.173. The maximum Gasteiger partial charge on any atom is 0.0226 e. The number of halogens is 1. The van der Waals surface area contributed by atoms with Crippen LogP contribution >= 0.6 is 12.4 Å². The fourth-order valence-electron chi connectivity index (χ4n) is 2.65. The molecule has 0 heterocycles. The van der Waals surface area contributed by atoms with Gasteiger partial charge in [-0.2, -0.15) is 0 Å². The molecule has 1 aliphatic carbocycles. The minimum Gasteiger partial charge on any atom is -0.324 e. The van der Waals surface area contributed by atoms with Crippen LogP contribution in [0.25, 0.3) is 0 Å². The lowest BCUT2D eigenvalue weighted by Gasteiger charge is -2.34. The number of rotatable bonds is 3. The molecule has 98 valence electrons. The van der Waals surface area contributed by atoms with Gasteiger partial charge in [-0.3, -0.25) is 0 Å². The van der Waals surface area contributed by atoms with E-state index in [0.717, 1.165) is 12.6 Å². The minimum absolute atomic E-state index is 0. The third kappa shape index (κ3) is 6.72. The average molecular weight is 249 g/mol. The highest BCUT2D eigenvalue weighted by Crippen LogP contribution is 2.21. The molecule has 16 heavy (non-hydrogen) atoms. The molecular weight excluding hydrogens is 220 g/mol. The first-order valence-electron chi connectivity index (χ1n) is 6.48. The standard InChI is InChI=1S/C13H28N2.ClH/c1-13(2,14)11-15(3)12-9-7-5-4-6-8-10-12;/h12H,4-11,14H2,1-3H3;1H. The summed E-state index contributed by atoms with van der Waals surface area (Å²) in [7, 11) is 2.24. The Morgan fingerprint density at radius 1 is 1.06 bits per heavy atom. The summed E-state index contributed by atoms with van der Waals surface area (Å²) in [6.45, 7) is 5.25. The maximum atomic E-state index is 6.07. The van der Waals surface area contributed by atoms with Crippen LogP contribution in [0.1, 0.15) is 58.8 Å². The largest absolute Gasteiger partial charge is 0.324 e. The summed E-state index contributed by atoms with van der Waals surface area (Å²) in [6, 6.07) is 0.771. The number of hydrogen-bond acceptors (Lipinski definition) is 2. The second-order valence-corrected chi connectivity index (χ2v) is 5.90. The Morgan fingerprint density at radius 2 is 1.50 bits per heavy atom. The molecule has 1 rings (SSSR count). The van der Waals surface area contributed by atoms with Gasteiger partial charge in [0, 0.05) is 18.1 Å². The van der Waals surface area contributed by atoms with Crippen LogP contribution in [0.15, 0.2) is 0 Å². The van der Waals surface area contributed by atoms with Crippen molar-refractivity contribution < 1.29 is 0 Å². The molecule has 0 spiro atoms. The van der Waals surface area contributed by atoms with Gasteiger partial charge < -0.3 is 10.6 Å². The first kappa shape index (κ1) is 16.2. The molecule has 3 heteroatoms. The molecule has 0 atom stereocenters. The quantitative estimate of drug-likeness (QED) is 0.831. The van der Waals surface area contributed by atoms with E-state index in [0.29, 0.717) is 0 Å². The summed E-state index contributed by atoms with van der Waals surface area (Å²) < 4.78 is 0. The number of likely N-dealkylation sites (N-methyl/N-ethyl adjacent to an activating group) is 1. The predicted molar refractivity (Wildman–Crippen MR) is 74.3 cm³/mol. The van der Waals surface area contributed by atoms with E-state index in [1.54, 1.807) is 0 Å². The maximum absolute atomic E-state index is 6.07. The van der Waals surface area contributed by atoms with E-state index >= 15 is 0 Å². The van der Waals surface area contributed by atoms with Crippen molar-refractivity contribution in [2.24, 2.45) is 5.73 Å². The number of nitrogens with zero attached hydrogens (tertiary/aromatic N) is 1. The fourth-order valence-corrected chi connectivity index (χ4v) is 2.65. The summed E-state index contributed by atoms with van der Waals surface area (Å²) in [5.74, 6) is 0. The Bertz CT molecular complexity index is 169. The van der Waals surface area contributed by atoms with E-state index in [1.807, 2.05) is 0 Å². The van der Waals surface area contributed by atoms with Gasteiger partial charge >= 0.3 is 0 Å². The lowest BCUT2D eigenvalue weighted by atomic mass is 9.94. The number of nitrogens with two attached hydrogens (primary N) is 1. The molecule has 0 bridgehead atoms. The first-order valence-corrected chi connectivity index (χ1v) is 6.48. The van der Waals surface area contributed by atoms with E-state index in [2.05, 4.69) is 25.8 Å². The van der Waals surface area contributed by atoms with Crippen molar-refractivity contribution in [3.63, 3.8) is 0 Å². The smallest absolute Gasteiger partial charge is 0.0226 e. The predicted octanol–water partition coefficient (Wildman–Crippen LogP) is 3.19. The molecule has 1 aliphatic rings. The van der Waals surface area contributed by atoms with Gasteiger partial charge in [-0.25, -0.2) is 0 Å². The van der Waals surface area contributed by atoms with Crippen LogP contribution in [0, 0.1) is 0 Å². The topological polar surface area (TPSA) is 29.3 Å². The zero-order chi connectivity index (χ0) is 11.3. The highest BCUT2D eigenvalue weighted by Gasteiger charge is 2.21. The molecule has 2 N–H and O–H groups in total. The molecule has 0 aromatic heterocycles. The third-order valence-electron chi connectivity index (χ3n) is 3.35. The molecule has 0 amide bonds. The van der Waals surface area contributed by atoms with Crippen molar-refractivity contribution in [2.75, 3.05) is 13.6 Å². The van der Waals surface area contributed by atoms with E-state index in [1.165, 1.54) is 44.9 Å². The Morgan fingerprint density at radius 3 is 1.94 bits per heavy atom. The molecule has 1 saturated carbocycles. The molecule has 0 aliphatic heterocycles. The van der Waals surface area contributed by atoms with Crippen LogP contribution in [-0.2, 0) is 0 Å². The normalized spacial score (nSPS) is 20.1. The van der Waals surface area contributed by atoms with Gasteiger partial charge in [-0.05, 0) is 33.7 Å². The van der Waals surface area contributed by atoms with Gasteiger partial charge in [-0.1, -0.05) is 32.1 Å². The van der Waals surface area contributed by atoms with Gasteiger partial charge in [0.25, 0.3) is 0 Å². The summed E-state index contributed by atoms with van der Waals surface area (Å²) in [5.41, 5.74) is 6.01. The minimum atomic E-state index is -0.0584. The van der Waals surface area contributed by atoms with E-state index in [4.69, 9.17) is 5.73 Å². The van der Waals surface area contributed by atoms with E-state index in [-0.39, 0.29) is 17.9 Å². The van der Waals surface area contributed by atoms with Gasteiger partial charge in [0.1, 0.15) is 0 Å². The SMILES string of the molecule is CN(CC(C)(C)N)C1CCCCCCC1.Cl. The Labute approximate surface area is 107 Å². The fraction of sp³-hybridized carbons (Fsp3) is 1.00. The van der Waals surface area contributed by atoms with Crippen molar-refractivity contribution >= 4 is 12.4 Å². The van der Waals surface area contributed by atoms with Crippen LogP contribution in [-0.4, -0.2) is 30.1 Å². The van der Waals surface area contributed by atoms with Crippen LogP contribution < -0.4 is 5.73 Å². The van der Waals surface area contributed by atoms with Crippen LogP contribution in [0.3, 0.4) is 0 Å². The average Bonchev–Trinajstić information content (AvgIpc) is 1.98. The van der Waals surface area contributed by atoms with Gasteiger partial charge in [-0.15, -0.1) is 12.4 Å². The Balaban J connectivity index is 0.00000225. The molecular formula is C13H29ClN2. The van der Waals surface area contributed by atoms with Gasteiger partial charge in [0.15, 0.2) is 0 Å². The van der Waals surface area contributed by atoms with Crippen molar-refractivity contribution in [1.29, 1.82) is 0 Å². The van der Waals surface area contributed by atoms with Crippen molar-refractivity contribution in [2.45, 2.75) is 70.4 Å². The molecule has 0 radical (unpaired) electrons. The highest BCUT2D eigenvalue weighted by atomic mass is 35.5. The van der Waals surface area contributed by atoms with Gasteiger partial charge in [0.2, 0.25) is 0 Å². The Hall–Kier alpha value is 0.210.